The van der Waals surface area contributed by atoms with E-state index in [0.717, 1.165) is 13.1 Å². The molecule has 0 saturated heterocycles. The average molecular weight is 284 g/mol. The quantitative estimate of drug-likeness (QED) is 0.747. The van der Waals surface area contributed by atoms with Crippen LogP contribution in [-0.2, 0) is 0 Å². The Kier molecular flexibility index (Phi) is 5.39. The summed E-state index contributed by atoms with van der Waals surface area (Å²) in [4.78, 5) is 14.9. The van der Waals surface area contributed by atoms with Gasteiger partial charge in [-0.05, 0) is 45.1 Å². The second kappa shape index (κ2) is 6.40. The fraction of sp³-hybridized carbons (Fsp3) is 0.533. The summed E-state index contributed by atoms with van der Waals surface area (Å²) in [5, 5.41) is 0.541. The topological polar surface area (TPSA) is 29.5 Å². The number of rotatable bonds is 6. The SMILES string of the molecule is CCN(CC)C(C)(C)C(=O)c1cc(Cl)ccc1OC. The Hall–Kier alpha value is -1.06. The van der Waals surface area contributed by atoms with Crippen LogP contribution in [0.1, 0.15) is 38.1 Å². The van der Waals surface area contributed by atoms with Crippen LogP contribution >= 0.6 is 11.6 Å². The highest BCUT2D eigenvalue weighted by molar-refractivity contribution is 6.31. The maximum atomic E-state index is 12.8. The third-order valence-electron chi connectivity index (χ3n) is 3.52. The minimum atomic E-state index is -0.582. The molecular weight excluding hydrogens is 262 g/mol. The van der Waals surface area contributed by atoms with E-state index >= 15 is 0 Å². The Bertz CT molecular complexity index is 453. The fourth-order valence-corrected chi connectivity index (χ4v) is 2.52. The second-order valence-corrected chi connectivity index (χ2v) is 5.34. The molecule has 0 aliphatic rings. The number of hydrogen-bond donors (Lipinski definition) is 0. The van der Waals surface area contributed by atoms with Gasteiger partial charge in [-0.1, -0.05) is 25.4 Å². The van der Waals surface area contributed by atoms with Crippen molar-refractivity contribution >= 4 is 17.4 Å². The van der Waals surface area contributed by atoms with Gasteiger partial charge in [-0.15, -0.1) is 0 Å². The fourth-order valence-electron chi connectivity index (χ4n) is 2.34. The molecule has 3 nitrogen and oxygen atoms in total. The summed E-state index contributed by atoms with van der Waals surface area (Å²) in [5.74, 6) is 0.588. The van der Waals surface area contributed by atoms with Crippen LogP contribution in [0.5, 0.6) is 5.75 Å². The number of methoxy groups -OCH3 is 1. The van der Waals surface area contributed by atoms with Gasteiger partial charge >= 0.3 is 0 Å². The van der Waals surface area contributed by atoms with Gasteiger partial charge in [0.15, 0.2) is 5.78 Å². The molecule has 0 amide bonds. The molecule has 0 aliphatic heterocycles. The van der Waals surface area contributed by atoms with Gasteiger partial charge in [0.05, 0.1) is 18.2 Å². The number of ketones is 1. The van der Waals surface area contributed by atoms with Crippen LogP contribution in [0.4, 0.5) is 0 Å². The zero-order chi connectivity index (χ0) is 14.6. The number of nitrogens with zero attached hydrogens (tertiary/aromatic N) is 1. The zero-order valence-corrected chi connectivity index (χ0v) is 13.0. The molecule has 0 radical (unpaired) electrons. The van der Waals surface area contributed by atoms with Gasteiger partial charge in [0.25, 0.3) is 0 Å². The smallest absolute Gasteiger partial charge is 0.186 e. The van der Waals surface area contributed by atoms with Gasteiger partial charge in [0, 0.05) is 5.02 Å². The molecule has 0 N–H and O–H groups in total. The lowest BCUT2D eigenvalue weighted by molar-refractivity contribution is 0.0665. The van der Waals surface area contributed by atoms with Crippen LogP contribution in [0.3, 0.4) is 0 Å². The summed E-state index contributed by atoms with van der Waals surface area (Å²) in [5.41, 5.74) is -0.0477. The first kappa shape index (κ1) is 16.0. The highest BCUT2D eigenvalue weighted by Crippen LogP contribution is 2.28. The maximum Gasteiger partial charge on any atom is 0.186 e. The predicted octanol–water partition coefficient (Wildman–Crippen LogP) is 3.65. The summed E-state index contributed by atoms with van der Waals surface area (Å²) in [6, 6.07) is 5.13. The Labute approximate surface area is 120 Å². The molecule has 106 valence electrons. The van der Waals surface area contributed by atoms with Crippen LogP contribution in [0.2, 0.25) is 5.02 Å². The van der Waals surface area contributed by atoms with Crippen molar-refractivity contribution in [2.24, 2.45) is 0 Å². The Morgan fingerprint density at radius 2 is 1.89 bits per heavy atom. The number of Topliss-reactive ketones (excluding diaryl/α,β-unsaturated/α-hetero) is 1. The molecule has 0 saturated carbocycles. The number of carbonyl (C=O) groups excluding carboxylic acids is 1. The zero-order valence-electron chi connectivity index (χ0n) is 12.3. The molecule has 0 fully saturated rings. The molecular formula is C15H22ClNO2. The summed E-state index contributed by atoms with van der Waals surface area (Å²) in [6.45, 7) is 9.60. The van der Waals surface area contributed by atoms with Gasteiger partial charge in [-0.2, -0.15) is 0 Å². The molecule has 1 rings (SSSR count). The van der Waals surface area contributed by atoms with Crippen LogP contribution in [0.25, 0.3) is 0 Å². The Morgan fingerprint density at radius 1 is 1.32 bits per heavy atom. The van der Waals surface area contributed by atoms with E-state index in [1.807, 2.05) is 27.7 Å². The molecule has 0 aromatic heterocycles. The van der Waals surface area contributed by atoms with Crippen molar-refractivity contribution in [3.63, 3.8) is 0 Å². The van der Waals surface area contributed by atoms with E-state index in [2.05, 4.69) is 4.90 Å². The monoisotopic (exact) mass is 283 g/mol. The van der Waals surface area contributed by atoms with Crippen molar-refractivity contribution in [2.75, 3.05) is 20.2 Å². The van der Waals surface area contributed by atoms with Gasteiger partial charge in [-0.25, -0.2) is 0 Å². The van der Waals surface area contributed by atoms with E-state index in [4.69, 9.17) is 16.3 Å². The Morgan fingerprint density at radius 3 is 2.37 bits per heavy atom. The van der Waals surface area contributed by atoms with Crippen molar-refractivity contribution in [1.29, 1.82) is 0 Å². The van der Waals surface area contributed by atoms with Crippen LogP contribution in [0.15, 0.2) is 18.2 Å². The van der Waals surface area contributed by atoms with Crippen molar-refractivity contribution in [3.8, 4) is 5.75 Å². The Balaban J connectivity index is 3.22. The summed E-state index contributed by atoms with van der Waals surface area (Å²) < 4.78 is 5.27. The van der Waals surface area contributed by atoms with E-state index in [9.17, 15) is 4.79 Å². The lowest BCUT2D eigenvalue weighted by Crippen LogP contribution is -2.50. The molecule has 1 aromatic rings. The number of ether oxygens (including phenoxy) is 1. The molecule has 0 unspecified atom stereocenters. The van der Waals surface area contributed by atoms with Crippen molar-refractivity contribution < 1.29 is 9.53 Å². The van der Waals surface area contributed by atoms with Crippen molar-refractivity contribution in [3.05, 3.63) is 28.8 Å². The van der Waals surface area contributed by atoms with Crippen LogP contribution in [0, 0.1) is 0 Å². The highest BCUT2D eigenvalue weighted by atomic mass is 35.5. The number of carbonyl (C=O) groups is 1. The molecule has 0 heterocycles. The first-order valence-electron chi connectivity index (χ1n) is 6.51. The lowest BCUT2D eigenvalue weighted by atomic mass is 9.90. The third-order valence-corrected chi connectivity index (χ3v) is 3.75. The molecule has 4 heteroatoms. The summed E-state index contributed by atoms with van der Waals surface area (Å²) in [6.07, 6.45) is 0. The molecule has 1 aromatic carbocycles. The third kappa shape index (κ3) is 3.28. The normalized spacial score (nSPS) is 11.7. The van der Waals surface area contributed by atoms with Gasteiger partial charge in [0.2, 0.25) is 0 Å². The minimum absolute atomic E-state index is 0.0237. The van der Waals surface area contributed by atoms with Crippen molar-refractivity contribution in [2.45, 2.75) is 33.2 Å². The maximum absolute atomic E-state index is 12.8. The van der Waals surface area contributed by atoms with E-state index in [-0.39, 0.29) is 5.78 Å². The van der Waals surface area contributed by atoms with E-state index in [0.29, 0.717) is 16.3 Å². The molecule has 0 aliphatic carbocycles. The largest absolute Gasteiger partial charge is 0.496 e. The number of halogens is 1. The van der Waals surface area contributed by atoms with E-state index in [1.54, 1.807) is 25.3 Å². The van der Waals surface area contributed by atoms with Gasteiger partial charge in [0.1, 0.15) is 5.75 Å². The van der Waals surface area contributed by atoms with Crippen LogP contribution in [-0.4, -0.2) is 36.4 Å². The molecule has 19 heavy (non-hydrogen) atoms. The van der Waals surface area contributed by atoms with Crippen LogP contribution < -0.4 is 4.74 Å². The van der Waals surface area contributed by atoms with Crippen molar-refractivity contribution in [1.82, 2.24) is 4.90 Å². The lowest BCUT2D eigenvalue weighted by Gasteiger charge is -2.36. The molecule has 0 bridgehead atoms. The first-order valence-corrected chi connectivity index (χ1v) is 6.89. The predicted molar refractivity (Wildman–Crippen MR) is 79.3 cm³/mol. The van der Waals surface area contributed by atoms with Gasteiger partial charge < -0.3 is 4.74 Å². The number of hydrogen-bond acceptors (Lipinski definition) is 3. The highest BCUT2D eigenvalue weighted by Gasteiger charge is 2.35. The second-order valence-electron chi connectivity index (χ2n) is 4.91. The standard InChI is InChI=1S/C15H22ClNO2/c1-6-17(7-2)15(3,4)14(18)12-10-11(16)8-9-13(12)19-5/h8-10H,6-7H2,1-5H3. The molecule has 0 atom stereocenters. The number of benzene rings is 1. The van der Waals surface area contributed by atoms with E-state index in [1.165, 1.54) is 0 Å². The van der Waals surface area contributed by atoms with E-state index < -0.39 is 5.54 Å². The van der Waals surface area contributed by atoms with Gasteiger partial charge in [-0.3, -0.25) is 9.69 Å². The average Bonchev–Trinajstić information content (AvgIpc) is 2.38. The summed E-state index contributed by atoms with van der Waals surface area (Å²) >= 11 is 5.99. The summed E-state index contributed by atoms with van der Waals surface area (Å²) in [7, 11) is 1.56. The first-order chi connectivity index (χ1) is 8.88. The molecule has 0 spiro atoms. The minimum Gasteiger partial charge on any atom is -0.496 e. The number of likely N-dealkylation sites (N-methyl/N-ethyl adjacent to an activating group) is 1.